The number of nitrogens with one attached hydrogen (secondary N) is 2. The minimum atomic E-state index is 0.0919. The van der Waals surface area contributed by atoms with Crippen molar-refractivity contribution in [1.29, 1.82) is 0 Å². The lowest BCUT2D eigenvalue weighted by molar-refractivity contribution is -0.125. The maximum absolute atomic E-state index is 11.9. The molecule has 0 aromatic rings. The minimum absolute atomic E-state index is 0.0919. The number of rotatable bonds is 2. The van der Waals surface area contributed by atoms with E-state index in [1.54, 1.807) is 0 Å². The van der Waals surface area contributed by atoms with Crippen molar-refractivity contribution in [2.24, 2.45) is 17.8 Å². The zero-order chi connectivity index (χ0) is 10.4. The number of hydrogen-bond acceptors (Lipinski definition) is 3. The molecule has 2 heterocycles. The summed E-state index contributed by atoms with van der Waals surface area (Å²) in [6.45, 7) is 4.79. The van der Waals surface area contributed by atoms with Crippen LogP contribution in [0.15, 0.2) is 0 Å². The fourth-order valence-corrected chi connectivity index (χ4v) is 2.91. The Hall–Kier alpha value is -0.610. The van der Waals surface area contributed by atoms with Gasteiger partial charge in [0, 0.05) is 19.1 Å². The number of carbonyl (C=O) groups excluding carboxylic acids is 1. The molecule has 4 nitrogen and oxygen atoms in total. The minimum Gasteiger partial charge on any atom is -0.378 e. The highest BCUT2D eigenvalue weighted by molar-refractivity contribution is 5.79. The topological polar surface area (TPSA) is 50.4 Å². The second-order valence-corrected chi connectivity index (χ2v) is 5.10. The van der Waals surface area contributed by atoms with Crippen LogP contribution in [0.1, 0.15) is 13.3 Å². The number of amides is 1. The fraction of sp³-hybridized carbons (Fsp3) is 0.909. The Morgan fingerprint density at radius 3 is 2.73 bits per heavy atom. The van der Waals surface area contributed by atoms with Gasteiger partial charge in [-0.25, -0.2) is 0 Å². The van der Waals surface area contributed by atoms with Crippen LogP contribution < -0.4 is 10.6 Å². The van der Waals surface area contributed by atoms with E-state index < -0.39 is 0 Å². The summed E-state index contributed by atoms with van der Waals surface area (Å²) < 4.78 is 5.41. The molecule has 3 aliphatic rings. The Kier molecular flexibility index (Phi) is 2.21. The number of piperidine rings is 1. The quantitative estimate of drug-likeness (QED) is 0.660. The van der Waals surface area contributed by atoms with Crippen LogP contribution in [-0.4, -0.2) is 37.7 Å². The Morgan fingerprint density at radius 1 is 1.40 bits per heavy atom. The molecule has 0 bridgehead atoms. The van der Waals surface area contributed by atoms with Crippen LogP contribution in [0.25, 0.3) is 0 Å². The van der Waals surface area contributed by atoms with Crippen LogP contribution >= 0.6 is 0 Å². The third kappa shape index (κ3) is 1.66. The first-order valence-electron chi connectivity index (χ1n) is 5.88. The van der Waals surface area contributed by atoms with Crippen molar-refractivity contribution in [3.8, 4) is 0 Å². The van der Waals surface area contributed by atoms with Gasteiger partial charge in [-0.2, -0.15) is 0 Å². The molecular weight excluding hydrogens is 192 g/mol. The van der Waals surface area contributed by atoms with Gasteiger partial charge in [-0.3, -0.25) is 4.79 Å². The molecule has 2 N–H and O–H groups in total. The lowest BCUT2D eigenvalue weighted by atomic mass is 10.1. The summed E-state index contributed by atoms with van der Waals surface area (Å²) >= 11 is 0. The average Bonchev–Trinajstić information content (AvgIpc) is 2.66. The fourth-order valence-electron chi connectivity index (χ4n) is 2.91. The highest BCUT2D eigenvalue weighted by Crippen LogP contribution is 2.41. The van der Waals surface area contributed by atoms with Crippen LogP contribution in [0, 0.1) is 17.8 Å². The molecule has 84 valence electrons. The van der Waals surface area contributed by atoms with Crippen molar-refractivity contribution in [3.63, 3.8) is 0 Å². The number of carbonyl (C=O) groups is 1. The highest BCUT2D eigenvalue weighted by atomic mass is 16.5. The Morgan fingerprint density at radius 2 is 2.13 bits per heavy atom. The van der Waals surface area contributed by atoms with Crippen molar-refractivity contribution < 1.29 is 9.53 Å². The number of ether oxygens (including phenoxy) is 1. The molecule has 2 saturated heterocycles. The van der Waals surface area contributed by atoms with Gasteiger partial charge in [0.05, 0.1) is 18.6 Å². The van der Waals surface area contributed by atoms with E-state index in [4.69, 9.17) is 4.74 Å². The van der Waals surface area contributed by atoms with Crippen molar-refractivity contribution in [2.75, 3.05) is 19.7 Å². The van der Waals surface area contributed by atoms with Crippen LogP contribution in [0.3, 0.4) is 0 Å². The van der Waals surface area contributed by atoms with Crippen LogP contribution in [0.2, 0.25) is 0 Å². The van der Waals surface area contributed by atoms with E-state index in [2.05, 4.69) is 10.6 Å². The maximum Gasteiger partial charge on any atom is 0.225 e. The normalized spacial score (nSPS) is 47.7. The lowest BCUT2D eigenvalue weighted by Crippen LogP contribution is -2.37. The summed E-state index contributed by atoms with van der Waals surface area (Å²) in [5, 5.41) is 6.49. The number of hydrogen-bond donors (Lipinski definition) is 2. The molecule has 4 unspecified atom stereocenters. The SMILES string of the molecule is CC1CC(C(=O)NC2C3CNCC32)CO1. The van der Waals surface area contributed by atoms with Gasteiger partial charge in [-0.1, -0.05) is 0 Å². The average molecular weight is 210 g/mol. The molecule has 1 amide bonds. The first kappa shape index (κ1) is 9.60. The molecule has 2 aliphatic heterocycles. The molecule has 3 rings (SSSR count). The molecule has 0 aromatic carbocycles. The van der Waals surface area contributed by atoms with Gasteiger partial charge in [0.1, 0.15) is 0 Å². The predicted molar refractivity (Wildman–Crippen MR) is 55.3 cm³/mol. The lowest BCUT2D eigenvalue weighted by Gasteiger charge is -2.11. The Balaban J connectivity index is 1.50. The van der Waals surface area contributed by atoms with E-state index in [0.29, 0.717) is 24.5 Å². The van der Waals surface area contributed by atoms with Crippen LogP contribution in [0.4, 0.5) is 0 Å². The van der Waals surface area contributed by atoms with Gasteiger partial charge in [-0.15, -0.1) is 0 Å². The van der Waals surface area contributed by atoms with Crippen molar-refractivity contribution in [3.05, 3.63) is 0 Å². The third-order valence-corrected chi connectivity index (χ3v) is 3.97. The van der Waals surface area contributed by atoms with Crippen molar-refractivity contribution >= 4 is 5.91 Å². The second-order valence-electron chi connectivity index (χ2n) is 5.10. The molecule has 4 heteroatoms. The summed E-state index contributed by atoms with van der Waals surface area (Å²) in [6, 6.07) is 0.453. The summed E-state index contributed by atoms with van der Waals surface area (Å²) in [6.07, 6.45) is 1.13. The zero-order valence-corrected chi connectivity index (χ0v) is 9.03. The molecule has 0 radical (unpaired) electrons. The van der Waals surface area contributed by atoms with E-state index >= 15 is 0 Å². The summed E-state index contributed by atoms with van der Waals surface area (Å²) in [4.78, 5) is 11.9. The van der Waals surface area contributed by atoms with Gasteiger partial charge in [0.15, 0.2) is 0 Å². The molecule has 15 heavy (non-hydrogen) atoms. The van der Waals surface area contributed by atoms with Gasteiger partial charge < -0.3 is 15.4 Å². The van der Waals surface area contributed by atoms with Crippen LogP contribution in [-0.2, 0) is 9.53 Å². The summed E-state index contributed by atoms with van der Waals surface area (Å²) in [5.74, 6) is 1.70. The van der Waals surface area contributed by atoms with Gasteiger partial charge in [0.25, 0.3) is 0 Å². The maximum atomic E-state index is 11.9. The first-order valence-corrected chi connectivity index (χ1v) is 5.88. The largest absolute Gasteiger partial charge is 0.378 e. The monoisotopic (exact) mass is 210 g/mol. The molecule has 0 spiro atoms. The molecule has 4 atom stereocenters. The van der Waals surface area contributed by atoms with Gasteiger partial charge >= 0.3 is 0 Å². The van der Waals surface area contributed by atoms with E-state index in [0.717, 1.165) is 19.5 Å². The van der Waals surface area contributed by atoms with E-state index in [1.165, 1.54) is 0 Å². The predicted octanol–water partition coefficient (Wildman–Crippen LogP) is -0.255. The van der Waals surface area contributed by atoms with E-state index in [9.17, 15) is 4.79 Å². The van der Waals surface area contributed by atoms with E-state index in [-0.39, 0.29) is 17.9 Å². The van der Waals surface area contributed by atoms with Crippen LogP contribution in [0.5, 0.6) is 0 Å². The molecule has 0 aromatic heterocycles. The molecule has 3 fully saturated rings. The summed E-state index contributed by atoms with van der Waals surface area (Å²) in [5.41, 5.74) is 0. The Bertz CT molecular complexity index is 272. The molecule has 1 aliphatic carbocycles. The molecular formula is C11H18N2O2. The second kappa shape index (κ2) is 3.46. The smallest absolute Gasteiger partial charge is 0.225 e. The first-order chi connectivity index (χ1) is 7.25. The zero-order valence-electron chi connectivity index (χ0n) is 9.03. The van der Waals surface area contributed by atoms with Gasteiger partial charge in [0.2, 0.25) is 5.91 Å². The highest BCUT2D eigenvalue weighted by Gasteiger charge is 2.54. The van der Waals surface area contributed by atoms with Crippen molar-refractivity contribution in [1.82, 2.24) is 10.6 Å². The van der Waals surface area contributed by atoms with E-state index in [1.807, 2.05) is 6.92 Å². The standard InChI is InChI=1S/C11H18N2O2/c1-6-2-7(5-15-6)11(14)13-10-8-3-12-4-9(8)10/h6-10,12H,2-5H2,1H3,(H,13,14). The molecule has 1 saturated carbocycles. The number of fused-ring (bicyclic) bond motifs is 1. The summed E-state index contributed by atoms with van der Waals surface area (Å²) in [7, 11) is 0. The third-order valence-electron chi connectivity index (χ3n) is 3.97. The Labute approximate surface area is 89.7 Å². The van der Waals surface area contributed by atoms with Gasteiger partial charge in [-0.05, 0) is 25.2 Å². The van der Waals surface area contributed by atoms with Crippen molar-refractivity contribution in [2.45, 2.75) is 25.5 Å².